The number of nitrogens with one attached hydrogen (secondary N) is 3. The van der Waals surface area contributed by atoms with E-state index in [0.29, 0.717) is 56.8 Å². The second-order valence-electron chi connectivity index (χ2n) is 13.0. The molecule has 1 fully saturated rings. The number of hydrogen-bond acceptors (Lipinski definition) is 9. The van der Waals surface area contributed by atoms with Crippen LogP contribution in [0.15, 0.2) is 60.8 Å². The summed E-state index contributed by atoms with van der Waals surface area (Å²) in [5, 5.41) is 3.29. The Balaban J connectivity index is 1.38. The standard InChI is InChI=1S/C38H37ClN6O7/c1-22(46)41-33-20-31-28(21-40-33)27(34(47)43-44-37(50)52-38(2,3)4)19-30(42-31)25-13-10-23(11-14-25)9-12-24-15-16-26(18-29(24)39)35(48)45-17-7-6-8-32(45)36(49)51-5/h10-11,13-16,18-21,32H,6-8,17H2,1-5H3,(H,43,47)(H,44,50)(H,40,41,46)/t32-/m0/s1. The second kappa shape index (κ2) is 15.9. The molecule has 0 saturated carbocycles. The number of amides is 4. The van der Waals surface area contributed by atoms with Crippen molar-refractivity contribution in [1.82, 2.24) is 25.7 Å². The van der Waals surface area contributed by atoms with E-state index in [9.17, 15) is 24.0 Å². The highest BCUT2D eigenvalue weighted by molar-refractivity contribution is 6.32. The van der Waals surface area contributed by atoms with Gasteiger partial charge < -0.3 is 19.7 Å². The van der Waals surface area contributed by atoms with E-state index in [1.54, 1.807) is 75.4 Å². The smallest absolute Gasteiger partial charge is 0.426 e. The van der Waals surface area contributed by atoms with E-state index in [2.05, 4.69) is 33.0 Å². The molecule has 52 heavy (non-hydrogen) atoms. The summed E-state index contributed by atoms with van der Waals surface area (Å²) in [6, 6.07) is 14.5. The van der Waals surface area contributed by atoms with Crippen LogP contribution in [0, 0.1) is 11.8 Å². The van der Waals surface area contributed by atoms with Crippen molar-refractivity contribution < 1.29 is 33.4 Å². The lowest BCUT2D eigenvalue weighted by Crippen LogP contribution is -2.48. The average Bonchev–Trinajstić information content (AvgIpc) is 3.11. The molecule has 2 aromatic carbocycles. The zero-order chi connectivity index (χ0) is 37.6. The number of likely N-dealkylation sites (tertiary alicyclic amines) is 1. The number of aromatic nitrogens is 2. The van der Waals surface area contributed by atoms with Gasteiger partial charge in [0.25, 0.3) is 11.8 Å². The molecular weight excluding hydrogens is 688 g/mol. The minimum absolute atomic E-state index is 0.166. The first-order valence-corrected chi connectivity index (χ1v) is 16.8. The minimum Gasteiger partial charge on any atom is -0.467 e. The summed E-state index contributed by atoms with van der Waals surface area (Å²) < 4.78 is 10.1. The summed E-state index contributed by atoms with van der Waals surface area (Å²) in [5.41, 5.74) is 7.00. The number of anilines is 1. The van der Waals surface area contributed by atoms with Gasteiger partial charge in [0.2, 0.25) is 5.91 Å². The molecule has 2 aromatic heterocycles. The van der Waals surface area contributed by atoms with Gasteiger partial charge in [0.15, 0.2) is 0 Å². The number of rotatable bonds is 5. The van der Waals surface area contributed by atoms with Crippen LogP contribution >= 0.6 is 11.6 Å². The highest BCUT2D eigenvalue weighted by atomic mass is 35.5. The van der Waals surface area contributed by atoms with Crippen molar-refractivity contribution in [2.24, 2.45) is 0 Å². The molecule has 14 heteroatoms. The van der Waals surface area contributed by atoms with Crippen molar-refractivity contribution in [3.05, 3.63) is 88.1 Å². The second-order valence-corrected chi connectivity index (χ2v) is 13.4. The van der Waals surface area contributed by atoms with Crippen LogP contribution in [0.1, 0.15) is 78.8 Å². The number of piperidine rings is 1. The molecule has 1 aliphatic heterocycles. The van der Waals surface area contributed by atoms with Crippen molar-refractivity contribution in [2.45, 2.75) is 58.6 Å². The Morgan fingerprint density at radius 2 is 1.71 bits per heavy atom. The predicted molar refractivity (Wildman–Crippen MR) is 194 cm³/mol. The minimum atomic E-state index is -0.834. The van der Waals surface area contributed by atoms with E-state index in [1.165, 1.54) is 25.1 Å². The number of benzene rings is 2. The first-order chi connectivity index (χ1) is 24.7. The topological polar surface area (TPSA) is 169 Å². The van der Waals surface area contributed by atoms with Gasteiger partial charge in [0.1, 0.15) is 17.5 Å². The number of nitrogens with zero attached hydrogens (tertiary/aromatic N) is 3. The van der Waals surface area contributed by atoms with Gasteiger partial charge in [-0.3, -0.25) is 19.8 Å². The van der Waals surface area contributed by atoms with E-state index >= 15 is 0 Å². The van der Waals surface area contributed by atoms with Crippen LogP contribution in [-0.2, 0) is 19.1 Å². The molecule has 5 rings (SSSR count). The van der Waals surface area contributed by atoms with Gasteiger partial charge in [-0.15, -0.1) is 0 Å². The normalized spacial score (nSPS) is 14.0. The van der Waals surface area contributed by atoms with Crippen LogP contribution in [-0.4, -0.2) is 69.9 Å². The van der Waals surface area contributed by atoms with Gasteiger partial charge in [-0.25, -0.2) is 25.0 Å². The van der Waals surface area contributed by atoms with Crippen molar-refractivity contribution in [3.63, 3.8) is 0 Å². The largest absolute Gasteiger partial charge is 0.467 e. The molecule has 0 radical (unpaired) electrons. The lowest BCUT2D eigenvalue weighted by molar-refractivity contribution is -0.147. The highest BCUT2D eigenvalue weighted by Crippen LogP contribution is 2.27. The number of halogens is 1. The van der Waals surface area contributed by atoms with Crippen molar-refractivity contribution in [2.75, 3.05) is 19.0 Å². The molecule has 1 aliphatic rings. The van der Waals surface area contributed by atoms with Gasteiger partial charge in [-0.05, 0) is 76.4 Å². The highest BCUT2D eigenvalue weighted by Gasteiger charge is 2.33. The van der Waals surface area contributed by atoms with Crippen molar-refractivity contribution >= 4 is 58.1 Å². The Hall–Kier alpha value is -6.00. The molecule has 0 unspecified atom stereocenters. The first-order valence-electron chi connectivity index (χ1n) is 16.4. The molecule has 0 bridgehead atoms. The SMILES string of the molecule is COC(=O)[C@@H]1CCCCN1C(=O)c1ccc(C#Cc2ccc(-c3cc(C(=O)NNC(=O)OC(C)(C)C)c4cnc(NC(C)=O)cc4n3)cc2)c(Cl)c1. The Labute approximate surface area is 305 Å². The van der Waals surface area contributed by atoms with Crippen LogP contribution in [0.2, 0.25) is 5.02 Å². The molecule has 4 amide bonds. The molecule has 1 saturated heterocycles. The Morgan fingerprint density at radius 1 is 0.962 bits per heavy atom. The summed E-state index contributed by atoms with van der Waals surface area (Å²) in [6.45, 7) is 6.90. The third-order valence-corrected chi connectivity index (χ3v) is 8.21. The zero-order valence-corrected chi connectivity index (χ0v) is 30.0. The van der Waals surface area contributed by atoms with E-state index in [-0.39, 0.29) is 23.2 Å². The van der Waals surface area contributed by atoms with Gasteiger partial charge in [-0.1, -0.05) is 35.6 Å². The van der Waals surface area contributed by atoms with Crippen LogP contribution < -0.4 is 16.2 Å². The number of fused-ring (bicyclic) bond motifs is 1. The number of hydrazine groups is 1. The average molecular weight is 725 g/mol. The number of ether oxygens (including phenoxy) is 2. The third-order valence-electron chi connectivity index (χ3n) is 7.90. The molecule has 4 aromatic rings. The number of carbonyl (C=O) groups excluding carboxylic acids is 5. The van der Waals surface area contributed by atoms with Crippen LogP contribution in [0.4, 0.5) is 10.6 Å². The van der Waals surface area contributed by atoms with Crippen molar-refractivity contribution in [1.29, 1.82) is 0 Å². The van der Waals surface area contributed by atoms with Gasteiger partial charge in [0, 0.05) is 53.4 Å². The first kappa shape index (κ1) is 37.3. The maximum Gasteiger partial charge on any atom is 0.426 e. The number of hydrogen-bond donors (Lipinski definition) is 3. The summed E-state index contributed by atoms with van der Waals surface area (Å²) >= 11 is 6.54. The molecule has 268 valence electrons. The molecule has 3 N–H and O–H groups in total. The van der Waals surface area contributed by atoms with Crippen LogP contribution in [0.25, 0.3) is 22.2 Å². The van der Waals surface area contributed by atoms with Crippen molar-refractivity contribution in [3.8, 4) is 23.1 Å². The lowest BCUT2D eigenvalue weighted by Gasteiger charge is -2.33. The Morgan fingerprint density at radius 3 is 2.38 bits per heavy atom. The number of esters is 1. The van der Waals surface area contributed by atoms with E-state index in [1.807, 2.05) is 0 Å². The summed E-state index contributed by atoms with van der Waals surface area (Å²) in [6.07, 6.45) is 2.77. The van der Waals surface area contributed by atoms with Gasteiger partial charge >= 0.3 is 12.1 Å². The third kappa shape index (κ3) is 9.21. The van der Waals surface area contributed by atoms with E-state index < -0.39 is 29.6 Å². The fourth-order valence-corrected chi connectivity index (χ4v) is 5.75. The molecule has 1 atom stereocenters. The maximum absolute atomic E-state index is 13.3. The fourth-order valence-electron chi connectivity index (χ4n) is 5.52. The van der Waals surface area contributed by atoms with Crippen LogP contribution in [0.5, 0.6) is 0 Å². The summed E-state index contributed by atoms with van der Waals surface area (Å²) in [5.74, 6) is 4.68. The lowest BCUT2D eigenvalue weighted by atomic mass is 10.0. The quantitative estimate of drug-likeness (QED) is 0.134. The monoisotopic (exact) mass is 724 g/mol. The number of methoxy groups -OCH3 is 1. The number of carbonyl (C=O) groups is 5. The summed E-state index contributed by atoms with van der Waals surface area (Å²) in [4.78, 5) is 73.1. The maximum atomic E-state index is 13.3. The van der Waals surface area contributed by atoms with Gasteiger partial charge in [0.05, 0.1) is 28.9 Å². The predicted octanol–water partition coefficient (Wildman–Crippen LogP) is 5.65. The molecule has 3 heterocycles. The Kier molecular flexibility index (Phi) is 11.4. The zero-order valence-electron chi connectivity index (χ0n) is 29.3. The molecular formula is C38H37ClN6O7. The van der Waals surface area contributed by atoms with E-state index in [4.69, 9.17) is 26.1 Å². The molecule has 0 aliphatic carbocycles. The molecule has 0 spiro atoms. The Bertz CT molecular complexity index is 2120. The fraction of sp³-hybridized carbons (Fsp3) is 0.289. The molecule has 13 nitrogen and oxygen atoms in total. The number of pyridine rings is 2. The van der Waals surface area contributed by atoms with Gasteiger partial charge in [-0.2, -0.15) is 0 Å². The van der Waals surface area contributed by atoms with E-state index in [0.717, 1.165) is 12.8 Å². The summed E-state index contributed by atoms with van der Waals surface area (Å²) in [7, 11) is 1.31. The van der Waals surface area contributed by atoms with Crippen LogP contribution in [0.3, 0.4) is 0 Å².